The standard InChI is InChI=1S/C13H23N3O/c1-10-11(2)15-12(3)16-13(10)14-8-6-4-5-7-9-17/h17H,4-9H2,1-3H3,(H,14,15,16). The minimum atomic E-state index is 0.302. The van der Waals surface area contributed by atoms with Crippen LogP contribution >= 0.6 is 0 Å². The molecule has 4 heteroatoms. The lowest BCUT2D eigenvalue weighted by molar-refractivity contribution is 0.283. The van der Waals surface area contributed by atoms with Gasteiger partial charge in [-0.15, -0.1) is 0 Å². The number of aromatic nitrogens is 2. The van der Waals surface area contributed by atoms with Crippen LogP contribution in [-0.4, -0.2) is 28.2 Å². The molecule has 1 aromatic heterocycles. The number of aryl methyl sites for hydroxylation is 2. The van der Waals surface area contributed by atoms with Gasteiger partial charge < -0.3 is 10.4 Å². The molecule has 1 aromatic rings. The van der Waals surface area contributed by atoms with Crippen molar-refractivity contribution in [3.63, 3.8) is 0 Å². The third kappa shape index (κ3) is 4.69. The third-order valence-electron chi connectivity index (χ3n) is 2.88. The molecule has 4 nitrogen and oxygen atoms in total. The van der Waals surface area contributed by atoms with Gasteiger partial charge in [-0.25, -0.2) is 9.97 Å². The van der Waals surface area contributed by atoms with Gasteiger partial charge in [0.1, 0.15) is 11.6 Å². The molecule has 0 bridgehead atoms. The lowest BCUT2D eigenvalue weighted by atomic mass is 10.2. The Labute approximate surface area is 103 Å². The topological polar surface area (TPSA) is 58.0 Å². The summed E-state index contributed by atoms with van der Waals surface area (Å²) in [6.45, 7) is 7.21. The van der Waals surface area contributed by atoms with Gasteiger partial charge in [-0.3, -0.25) is 0 Å². The van der Waals surface area contributed by atoms with E-state index in [1.54, 1.807) is 0 Å². The highest BCUT2D eigenvalue weighted by Gasteiger charge is 2.04. The fourth-order valence-electron chi connectivity index (χ4n) is 1.74. The SMILES string of the molecule is Cc1nc(C)c(C)c(NCCCCCCO)n1. The average Bonchev–Trinajstić information content (AvgIpc) is 2.29. The summed E-state index contributed by atoms with van der Waals surface area (Å²) < 4.78 is 0. The predicted molar refractivity (Wildman–Crippen MR) is 70.3 cm³/mol. The van der Waals surface area contributed by atoms with Gasteiger partial charge in [-0.1, -0.05) is 12.8 Å². The van der Waals surface area contributed by atoms with E-state index in [1.807, 2.05) is 20.8 Å². The third-order valence-corrected chi connectivity index (χ3v) is 2.88. The average molecular weight is 237 g/mol. The molecular formula is C13H23N3O. The molecule has 0 unspecified atom stereocenters. The van der Waals surface area contributed by atoms with Crippen LogP contribution in [0.2, 0.25) is 0 Å². The van der Waals surface area contributed by atoms with Crippen LogP contribution < -0.4 is 5.32 Å². The number of nitrogens with zero attached hydrogens (tertiary/aromatic N) is 2. The monoisotopic (exact) mass is 237 g/mol. The minimum absolute atomic E-state index is 0.302. The Morgan fingerprint density at radius 1 is 1.00 bits per heavy atom. The van der Waals surface area contributed by atoms with Gasteiger partial charge in [0.25, 0.3) is 0 Å². The molecule has 0 saturated heterocycles. The van der Waals surface area contributed by atoms with Crippen LogP contribution in [0.25, 0.3) is 0 Å². The normalized spacial score (nSPS) is 10.6. The summed E-state index contributed by atoms with van der Waals surface area (Å²) in [7, 11) is 0. The summed E-state index contributed by atoms with van der Waals surface area (Å²) in [6, 6.07) is 0. The van der Waals surface area contributed by atoms with E-state index in [1.165, 1.54) is 0 Å². The Morgan fingerprint density at radius 3 is 2.41 bits per heavy atom. The van der Waals surface area contributed by atoms with Gasteiger partial charge in [0.2, 0.25) is 0 Å². The summed E-state index contributed by atoms with van der Waals surface area (Å²) in [4.78, 5) is 8.73. The lowest BCUT2D eigenvalue weighted by Gasteiger charge is -2.10. The van der Waals surface area contributed by atoms with E-state index in [0.717, 1.165) is 55.1 Å². The Hall–Kier alpha value is -1.16. The Bertz CT molecular complexity index is 353. The van der Waals surface area contributed by atoms with E-state index in [-0.39, 0.29) is 0 Å². The van der Waals surface area contributed by atoms with Crippen LogP contribution in [-0.2, 0) is 0 Å². The highest BCUT2D eigenvalue weighted by molar-refractivity contribution is 5.45. The zero-order valence-electron chi connectivity index (χ0n) is 11.1. The van der Waals surface area contributed by atoms with E-state index in [2.05, 4.69) is 15.3 Å². The number of hydrogen-bond acceptors (Lipinski definition) is 4. The van der Waals surface area contributed by atoms with Crippen molar-refractivity contribution in [1.29, 1.82) is 0 Å². The van der Waals surface area contributed by atoms with Gasteiger partial charge in [0, 0.05) is 24.4 Å². The van der Waals surface area contributed by atoms with Gasteiger partial charge in [-0.05, 0) is 33.6 Å². The molecule has 0 atom stereocenters. The summed E-state index contributed by atoms with van der Waals surface area (Å²) in [5.74, 6) is 1.77. The summed E-state index contributed by atoms with van der Waals surface area (Å²) in [5.41, 5.74) is 2.17. The first-order valence-corrected chi connectivity index (χ1v) is 6.31. The molecule has 96 valence electrons. The van der Waals surface area contributed by atoms with Crippen LogP contribution in [0.5, 0.6) is 0 Å². The Morgan fingerprint density at radius 2 is 1.71 bits per heavy atom. The minimum Gasteiger partial charge on any atom is -0.396 e. The highest BCUT2D eigenvalue weighted by Crippen LogP contribution is 2.14. The van der Waals surface area contributed by atoms with Crippen molar-refractivity contribution < 1.29 is 5.11 Å². The smallest absolute Gasteiger partial charge is 0.132 e. The summed E-state index contributed by atoms with van der Waals surface area (Å²) in [6.07, 6.45) is 4.26. The maximum atomic E-state index is 8.67. The second-order valence-electron chi connectivity index (χ2n) is 4.39. The number of nitrogens with one attached hydrogen (secondary N) is 1. The molecule has 0 spiro atoms. The van der Waals surface area contributed by atoms with Crippen LogP contribution in [0.1, 0.15) is 42.8 Å². The number of unbranched alkanes of at least 4 members (excludes halogenated alkanes) is 3. The van der Waals surface area contributed by atoms with Crippen LogP contribution in [0.3, 0.4) is 0 Å². The molecule has 1 heterocycles. The van der Waals surface area contributed by atoms with E-state index in [9.17, 15) is 0 Å². The largest absolute Gasteiger partial charge is 0.396 e. The first-order chi connectivity index (χ1) is 8.15. The van der Waals surface area contributed by atoms with E-state index in [0.29, 0.717) is 6.61 Å². The quantitative estimate of drug-likeness (QED) is 0.715. The first-order valence-electron chi connectivity index (χ1n) is 6.31. The first kappa shape index (κ1) is 13.9. The summed E-state index contributed by atoms with van der Waals surface area (Å²) >= 11 is 0. The summed E-state index contributed by atoms with van der Waals surface area (Å²) in [5, 5.41) is 12.0. The molecule has 2 N–H and O–H groups in total. The number of hydrogen-bond donors (Lipinski definition) is 2. The van der Waals surface area contributed by atoms with Crippen molar-refractivity contribution in [2.24, 2.45) is 0 Å². The van der Waals surface area contributed by atoms with Crippen molar-refractivity contribution in [2.45, 2.75) is 46.5 Å². The number of aliphatic hydroxyl groups excluding tert-OH is 1. The number of aliphatic hydroxyl groups is 1. The fourth-order valence-corrected chi connectivity index (χ4v) is 1.74. The van der Waals surface area contributed by atoms with E-state index < -0.39 is 0 Å². The van der Waals surface area contributed by atoms with Crippen molar-refractivity contribution >= 4 is 5.82 Å². The van der Waals surface area contributed by atoms with Gasteiger partial charge in [-0.2, -0.15) is 0 Å². The van der Waals surface area contributed by atoms with Crippen LogP contribution in [0.15, 0.2) is 0 Å². The van der Waals surface area contributed by atoms with Gasteiger partial charge in [0.15, 0.2) is 0 Å². The fraction of sp³-hybridized carbons (Fsp3) is 0.692. The van der Waals surface area contributed by atoms with Crippen molar-refractivity contribution in [1.82, 2.24) is 9.97 Å². The highest BCUT2D eigenvalue weighted by atomic mass is 16.2. The maximum absolute atomic E-state index is 8.67. The molecule has 0 aromatic carbocycles. The lowest BCUT2D eigenvalue weighted by Crippen LogP contribution is -2.08. The molecule has 0 aliphatic carbocycles. The molecular weight excluding hydrogens is 214 g/mol. The zero-order chi connectivity index (χ0) is 12.7. The maximum Gasteiger partial charge on any atom is 0.132 e. The van der Waals surface area contributed by atoms with Crippen molar-refractivity contribution in [3.8, 4) is 0 Å². The van der Waals surface area contributed by atoms with Gasteiger partial charge >= 0.3 is 0 Å². The van der Waals surface area contributed by atoms with Crippen LogP contribution in [0, 0.1) is 20.8 Å². The molecule has 0 amide bonds. The molecule has 0 saturated carbocycles. The van der Waals surface area contributed by atoms with Crippen LogP contribution in [0.4, 0.5) is 5.82 Å². The van der Waals surface area contributed by atoms with Crippen molar-refractivity contribution in [2.75, 3.05) is 18.5 Å². The molecule has 0 fully saturated rings. The molecule has 0 radical (unpaired) electrons. The number of rotatable bonds is 7. The van der Waals surface area contributed by atoms with Gasteiger partial charge in [0.05, 0.1) is 0 Å². The van der Waals surface area contributed by atoms with Crippen molar-refractivity contribution in [3.05, 3.63) is 17.1 Å². The molecule has 17 heavy (non-hydrogen) atoms. The Balaban J connectivity index is 2.36. The molecule has 0 aliphatic rings. The van der Waals surface area contributed by atoms with E-state index >= 15 is 0 Å². The second kappa shape index (κ2) is 7.22. The Kier molecular flexibility index (Phi) is 5.91. The number of anilines is 1. The molecule has 0 aliphatic heterocycles. The predicted octanol–water partition coefficient (Wildman–Crippen LogP) is 2.37. The molecule has 1 rings (SSSR count). The second-order valence-corrected chi connectivity index (χ2v) is 4.39. The van der Waals surface area contributed by atoms with E-state index in [4.69, 9.17) is 5.11 Å². The zero-order valence-corrected chi connectivity index (χ0v) is 11.1.